The van der Waals surface area contributed by atoms with E-state index in [0.29, 0.717) is 4.90 Å². The molecular weight excluding hydrogens is 346 g/mol. The van der Waals surface area contributed by atoms with Crippen LogP contribution in [-0.2, 0) is 15.6 Å². The molecule has 3 nitrogen and oxygen atoms in total. The number of halogens is 1. The normalized spacial score (nSPS) is 11.5. The molecule has 0 aliphatic carbocycles. The van der Waals surface area contributed by atoms with Crippen LogP contribution >= 0.6 is 27.7 Å². The summed E-state index contributed by atoms with van der Waals surface area (Å²) in [6.07, 6.45) is 4.78. The van der Waals surface area contributed by atoms with Crippen LogP contribution in [0.15, 0.2) is 57.0 Å². The Hall–Kier alpha value is -0.850. The average molecular weight is 358 g/mol. The average Bonchev–Trinajstić information content (AvgIpc) is 2.36. The monoisotopic (exact) mass is 357 g/mol. The highest BCUT2D eigenvalue weighted by atomic mass is 79.9. The molecule has 0 atom stereocenters. The van der Waals surface area contributed by atoms with Crippen LogP contribution in [0.2, 0.25) is 0 Å². The third-order valence-corrected chi connectivity index (χ3v) is 5.06. The molecule has 0 saturated carbocycles. The lowest BCUT2D eigenvalue weighted by Gasteiger charge is -2.03. The number of sulfone groups is 1. The lowest BCUT2D eigenvalue weighted by Crippen LogP contribution is -1.96. The second-order valence-electron chi connectivity index (χ2n) is 4.04. The number of hydrogen-bond acceptors (Lipinski definition) is 4. The molecule has 2 aromatic rings. The molecule has 100 valence electrons. The Morgan fingerprint density at radius 3 is 2.47 bits per heavy atom. The summed E-state index contributed by atoms with van der Waals surface area (Å²) >= 11 is 5.03. The Kier molecular flexibility index (Phi) is 4.65. The summed E-state index contributed by atoms with van der Waals surface area (Å²) < 4.78 is 23.6. The van der Waals surface area contributed by atoms with E-state index in [4.69, 9.17) is 0 Å². The Morgan fingerprint density at radius 2 is 1.89 bits per heavy atom. The first-order chi connectivity index (χ1) is 8.95. The zero-order valence-electron chi connectivity index (χ0n) is 10.2. The minimum absolute atomic E-state index is 0.348. The van der Waals surface area contributed by atoms with Gasteiger partial charge in [0, 0.05) is 33.8 Å². The van der Waals surface area contributed by atoms with Gasteiger partial charge in [-0.2, -0.15) is 0 Å². The van der Waals surface area contributed by atoms with E-state index in [1.807, 2.05) is 24.4 Å². The van der Waals surface area contributed by atoms with Gasteiger partial charge < -0.3 is 0 Å². The molecular formula is C13H12BrNO2S2. The predicted octanol–water partition coefficient (Wildman–Crippen LogP) is 3.54. The molecule has 2 rings (SSSR count). The fourth-order valence-corrected chi connectivity index (χ4v) is 3.35. The predicted molar refractivity (Wildman–Crippen MR) is 81.0 cm³/mol. The Balaban J connectivity index is 2.05. The first kappa shape index (κ1) is 14.6. The molecule has 0 aliphatic heterocycles. The molecule has 0 saturated heterocycles. The zero-order valence-corrected chi connectivity index (χ0v) is 13.4. The molecule has 0 amide bonds. The van der Waals surface area contributed by atoms with Crippen LogP contribution in [-0.4, -0.2) is 19.7 Å². The topological polar surface area (TPSA) is 47.0 Å². The van der Waals surface area contributed by atoms with Gasteiger partial charge >= 0.3 is 0 Å². The number of hydrogen-bond donors (Lipinski definition) is 0. The molecule has 0 unspecified atom stereocenters. The molecule has 1 heterocycles. The summed E-state index contributed by atoms with van der Waals surface area (Å²) in [6.45, 7) is 0. The molecule has 0 aliphatic rings. The molecule has 0 spiro atoms. The van der Waals surface area contributed by atoms with Gasteiger partial charge in [-0.3, -0.25) is 4.98 Å². The highest BCUT2D eigenvalue weighted by molar-refractivity contribution is 9.10. The minimum Gasteiger partial charge on any atom is -0.263 e. The summed E-state index contributed by atoms with van der Waals surface area (Å²) in [7, 11) is -3.12. The van der Waals surface area contributed by atoms with Crippen molar-refractivity contribution in [2.45, 2.75) is 15.5 Å². The van der Waals surface area contributed by atoms with E-state index in [0.717, 1.165) is 20.7 Å². The summed E-state index contributed by atoms with van der Waals surface area (Å²) in [5, 5.41) is 0. The Bertz CT molecular complexity index is 669. The first-order valence-corrected chi connectivity index (χ1v) is 9.14. The Labute approximate surface area is 125 Å². The molecule has 6 heteroatoms. The van der Waals surface area contributed by atoms with Crippen molar-refractivity contribution >= 4 is 37.5 Å². The van der Waals surface area contributed by atoms with Gasteiger partial charge in [0.1, 0.15) is 0 Å². The van der Waals surface area contributed by atoms with Gasteiger partial charge in [-0.15, -0.1) is 11.8 Å². The van der Waals surface area contributed by atoms with Crippen LogP contribution in [0.1, 0.15) is 5.56 Å². The largest absolute Gasteiger partial charge is 0.263 e. The maximum Gasteiger partial charge on any atom is 0.175 e. The minimum atomic E-state index is -3.12. The second-order valence-corrected chi connectivity index (χ2v) is 8.02. The van der Waals surface area contributed by atoms with E-state index in [-0.39, 0.29) is 0 Å². The van der Waals surface area contributed by atoms with Crippen LogP contribution in [0.5, 0.6) is 0 Å². The van der Waals surface area contributed by atoms with Gasteiger partial charge in [0.15, 0.2) is 9.84 Å². The summed E-state index contributed by atoms with van der Waals surface area (Å²) in [6, 6.07) is 8.94. The standard InChI is InChI=1S/C13H12BrNO2S2/c1-19(16,17)13-4-2-12(3-5-13)18-9-10-6-11(14)8-15-7-10/h2-8H,9H2,1H3. The van der Waals surface area contributed by atoms with Crippen LogP contribution < -0.4 is 0 Å². The fraction of sp³-hybridized carbons (Fsp3) is 0.154. The first-order valence-electron chi connectivity index (χ1n) is 5.47. The third-order valence-electron chi connectivity index (χ3n) is 2.42. The quantitative estimate of drug-likeness (QED) is 0.785. The summed E-state index contributed by atoms with van der Waals surface area (Å²) in [5.41, 5.74) is 1.12. The maximum atomic E-state index is 11.3. The van der Waals surface area contributed by atoms with Crippen molar-refractivity contribution in [2.75, 3.05) is 6.26 Å². The zero-order chi connectivity index (χ0) is 13.9. The van der Waals surface area contributed by atoms with Crippen LogP contribution in [0.4, 0.5) is 0 Å². The number of thioether (sulfide) groups is 1. The lowest BCUT2D eigenvalue weighted by molar-refractivity contribution is 0.602. The number of rotatable bonds is 4. The maximum absolute atomic E-state index is 11.3. The SMILES string of the molecule is CS(=O)(=O)c1ccc(SCc2cncc(Br)c2)cc1. The third kappa shape index (κ3) is 4.33. The van der Waals surface area contributed by atoms with Crippen molar-refractivity contribution in [3.8, 4) is 0 Å². The highest BCUT2D eigenvalue weighted by Crippen LogP contribution is 2.24. The number of nitrogens with zero attached hydrogens (tertiary/aromatic N) is 1. The van der Waals surface area contributed by atoms with Crippen LogP contribution in [0.25, 0.3) is 0 Å². The van der Waals surface area contributed by atoms with Crippen LogP contribution in [0.3, 0.4) is 0 Å². The van der Waals surface area contributed by atoms with Crippen molar-refractivity contribution < 1.29 is 8.42 Å². The van der Waals surface area contributed by atoms with Gasteiger partial charge in [-0.25, -0.2) is 8.42 Å². The second kappa shape index (κ2) is 6.07. The summed E-state index contributed by atoms with van der Waals surface area (Å²) in [5.74, 6) is 0.796. The van der Waals surface area contributed by atoms with Gasteiger partial charge in [0.25, 0.3) is 0 Å². The number of pyridine rings is 1. The van der Waals surface area contributed by atoms with E-state index in [9.17, 15) is 8.42 Å². The van der Waals surface area contributed by atoms with Gasteiger partial charge in [0.2, 0.25) is 0 Å². The molecule has 0 N–H and O–H groups in total. The smallest absolute Gasteiger partial charge is 0.175 e. The molecule has 1 aromatic carbocycles. The van der Waals surface area contributed by atoms with Crippen molar-refractivity contribution in [3.63, 3.8) is 0 Å². The number of aromatic nitrogens is 1. The van der Waals surface area contributed by atoms with E-state index >= 15 is 0 Å². The van der Waals surface area contributed by atoms with Gasteiger partial charge in [-0.05, 0) is 51.8 Å². The molecule has 19 heavy (non-hydrogen) atoms. The molecule has 1 aromatic heterocycles. The number of benzene rings is 1. The lowest BCUT2D eigenvalue weighted by atomic mass is 10.3. The van der Waals surface area contributed by atoms with E-state index in [1.54, 1.807) is 30.1 Å². The molecule has 0 radical (unpaired) electrons. The van der Waals surface area contributed by atoms with E-state index in [2.05, 4.69) is 20.9 Å². The van der Waals surface area contributed by atoms with Crippen LogP contribution in [0, 0.1) is 0 Å². The van der Waals surface area contributed by atoms with Gasteiger partial charge in [0.05, 0.1) is 4.90 Å². The summed E-state index contributed by atoms with van der Waals surface area (Å²) in [4.78, 5) is 5.49. The van der Waals surface area contributed by atoms with Gasteiger partial charge in [-0.1, -0.05) is 0 Å². The van der Waals surface area contributed by atoms with Crippen molar-refractivity contribution in [2.24, 2.45) is 0 Å². The Morgan fingerprint density at radius 1 is 1.21 bits per heavy atom. The molecule has 0 fully saturated rings. The fourth-order valence-electron chi connectivity index (χ4n) is 1.48. The highest BCUT2D eigenvalue weighted by Gasteiger charge is 2.06. The van der Waals surface area contributed by atoms with Crippen molar-refractivity contribution in [3.05, 3.63) is 52.8 Å². The van der Waals surface area contributed by atoms with Crippen molar-refractivity contribution in [1.29, 1.82) is 0 Å². The van der Waals surface area contributed by atoms with E-state index in [1.165, 1.54) is 6.26 Å². The van der Waals surface area contributed by atoms with Crippen molar-refractivity contribution in [1.82, 2.24) is 4.98 Å². The molecule has 0 bridgehead atoms. The van der Waals surface area contributed by atoms with E-state index < -0.39 is 9.84 Å².